The van der Waals surface area contributed by atoms with E-state index in [9.17, 15) is 14.4 Å². The molecule has 0 bridgehead atoms. The van der Waals surface area contributed by atoms with Crippen LogP contribution in [-0.2, 0) is 19.1 Å². The maximum atomic E-state index is 13.3. The van der Waals surface area contributed by atoms with Crippen molar-refractivity contribution >= 4 is 18.0 Å². The van der Waals surface area contributed by atoms with Crippen LogP contribution in [-0.4, -0.2) is 54.0 Å². The van der Waals surface area contributed by atoms with Gasteiger partial charge in [0, 0.05) is 43.9 Å². The fourth-order valence-electron chi connectivity index (χ4n) is 4.87. The molecule has 1 aliphatic heterocycles. The molecule has 35 heavy (non-hydrogen) atoms. The Morgan fingerprint density at radius 3 is 2.17 bits per heavy atom. The Balaban J connectivity index is 1.44. The van der Waals surface area contributed by atoms with Gasteiger partial charge in [0.05, 0.1) is 0 Å². The predicted octanol–water partition coefficient (Wildman–Crippen LogP) is 3.83. The lowest BCUT2D eigenvalue weighted by atomic mass is 9.87. The maximum Gasteiger partial charge on any atom is 0.408 e. The van der Waals surface area contributed by atoms with Gasteiger partial charge >= 0.3 is 12.1 Å². The van der Waals surface area contributed by atoms with Crippen LogP contribution in [0.1, 0.15) is 56.6 Å². The first-order chi connectivity index (χ1) is 16.7. The molecule has 0 aromatic heterocycles. The Morgan fingerprint density at radius 2 is 1.60 bits per heavy atom. The molecule has 0 spiro atoms. The van der Waals surface area contributed by atoms with Crippen LogP contribution in [0.15, 0.2) is 48.5 Å². The van der Waals surface area contributed by atoms with Gasteiger partial charge in [-0.2, -0.15) is 0 Å². The monoisotopic (exact) mass is 480 g/mol. The van der Waals surface area contributed by atoms with Crippen molar-refractivity contribution in [3.8, 4) is 11.1 Å². The normalized spacial score (nSPS) is 16.6. The molecule has 8 heteroatoms. The van der Waals surface area contributed by atoms with E-state index in [0.29, 0.717) is 26.1 Å². The Hall–Kier alpha value is -3.39. The van der Waals surface area contributed by atoms with Crippen molar-refractivity contribution in [2.24, 2.45) is 0 Å². The Kier molecular flexibility index (Phi) is 7.12. The highest BCUT2D eigenvalue weighted by atomic mass is 16.5. The minimum absolute atomic E-state index is 0.0663. The van der Waals surface area contributed by atoms with E-state index in [4.69, 9.17) is 14.6 Å². The molecule has 0 saturated carbocycles. The summed E-state index contributed by atoms with van der Waals surface area (Å²) in [6.45, 7) is 4.35. The van der Waals surface area contributed by atoms with Gasteiger partial charge in [-0.3, -0.25) is 9.59 Å². The van der Waals surface area contributed by atoms with Gasteiger partial charge in [-0.25, -0.2) is 4.79 Å². The first-order valence-corrected chi connectivity index (χ1v) is 12.0. The molecular formula is C27H32N2O6. The fraction of sp³-hybridized carbons (Fsp3) is 0.444. The average Bonchev–Trinajstić information content (AvgIpc) is 3.15. The number of fused-ring (bicyclic) bond motifs is 3. The predicted molar refractivity (Wildman–Crippen MR) is 130 cm³/mol. The van der Waals surface area contributed by atoms with Crippen molar-refractivity contribution in [1.29, 1.82) is 0 Å². The van der Waals surface area contributed by atoms with E-state index < -0.39 is 23.1 Å². The summed E-state index contributed by atoms with van der Waals surface area (Å²) in [5.74, 6) is -1.36. The number of carboxylic acid groups (broad SMARTS) is 1. The van der Waals surface area contributed by atoms with Gasteiger partial charge in [0.1, 0.15) is 12.1 Å². The van der Waals surface area contributed by atoms with E-state index in [1.807, 2.05) is 36.4 Å². The minimum atomic E-state index is -1.18. The lowest BCUT2D eigenvalue weighted by Crippen LogP contribution is -2.64. The van der Waals surface area contributed by atoms with Crippen LogP contribution in [0.4, 0.5) is 4.79 Å². The van der Waals surface area contributed by atoms with Crippen molar-refractivity contribution < 1.29 is 29.0 Å². The highest BCUT2D eigenvalue weighted by Crippen LogP contribution is 2.44. The molecule has 1 aliphatic carbocycles. The van der Waals surface area contributed by atoms with Crippen molar-refractivity contribution in [2.75, 3.05) is 19.8 Å². The summed E-state index contributed by atoms with van der Waals surface area (Å²) in [6, 6.07) is 16.2. The Morgan fingerprint density at radius 1 is 1.03 bits per heavy atom. The van der Waals surface area contributed by atoms with Gasteiger partial charge in [-0.15, -0.1) is 0 Å². The molecule has 2 aliphatic rings. The van der Waals surface area contributed by atoms with E-state index in [-0.39, 0.29) is 31.3 Å². The van der Waals surface area contributed by atoms with E-state index in [1.165, 1.54) is 0 Å². The molecule has 0 unspecified atom stereocenters. The molecule has 1 fully saturated rings. The van der Waals surface area contributed by atoms with Crippen molar-refractivity contribution in [3.05, 3.63) is 59.7 Å². The van der Waals surface area contributed by atoms with E-state index in [2.05, 4.69) is 22.8 Å². The summed E-state index contributed by atoms with van der Waals surface area (Å²) < 4.78 is 11.1. The summed E-state index contributed by atoms with van der Waals surface area (Å²) in [7, 11) is 0. The lowest BCUT2D eigenvalue weighted by molar-refractivity contribution is -0.138. The highest BCUT2D eigenvalue weighted by molar-refractivity contribution is 5.90. The topological polar surface area (TPSA) is 114 Å². The largest absolute Gasteiger partial charge is 0.481 e. The van der Waals surface area contributed by atoms with Gasteiger partial charge in [0.25, 0.3) is 0 Å². The summed E-state index contributed by atoms with van der Waals surface area (Å²) >= 11 is 0. The van der Waals surface area contributed by atoms with Crippen LogP contribution in [0.25, 0.3) is 11.1 Å². The summed E-state index contributed by atoms with van der Waals surface area (Å²) in [4.78, 5) is 37.2. The number of carboxylic acids is 1. The second-order valence-corrected chi connectivity index (χ2v) is 9.88. The highest BCUT2D eigenvalue weighted by Gasteiger charge is 2.44. The van der Waals surface area contributed by atoms with Crippen molar-refractivity contribution in [1.82, 2.24) is 10.6 Å². The zero-order valence-corrected chi connectivity index (χ0v) is 20.1. The Bertz CT molecular complexity index is 1060. The van der Waals surface area contributed by atoms with Crippen molar-refractivity contribution in [2.45, 2.75) is 56.5 Å². The van der Waals surface area contributed by atoms with Crippen molar-refractivity contribution in [3.63, 3.8) is 0 Å². The van der Waals surface area contributed by atoms with Gasteiger partial charge in [0.2, 0.25) is 5.91 Å². The van der Waals surface area contributed by atoms with Gasteiger partial charge in [0.15, 0.2) is 0 Å². The van der Waals surface area contributed by atoms with E-state index >= 15 is 0 Å². The first-order valence-electron chi connectivity index (χ1n) is 12.0. The molecule has 2 amide bonds. The quantitative estimate of drug-likeness (QED) is 0.529. The van der Waals surface area contributed by atoms with Crippen LogP contribution >= 0.6 is 0 Å². The number of aliphatic carboxylic acids is 1. The fourth-order valence-corrected chi connectivity index (χ4v) is 4.87. The molecule has 1 saturated heterocycles. The first kappa shape index (κ1) is 24.7. The number of carbonyl (C=O) groups excluding carboxylic acids is 2. The number of hydrogen-bond acceptors (Lipinski definition) is 5. The van der Waals surface area contributed by atoms with Crippen LogP contribution in [0.2, 0.25) is 0 Å². The standard InChI is InChI=1S/C27H32N2O6/c1-26(2,12-11-23(30)31)28-24(32)27(13-15-34-16-14-27)29-25(33)35-17-22-20-9-5-3-7-18(20)19-8-4-6-10-21(19)22/h3-10,22H,11-17H2,1-2H3,(H,28,32)(H,29,33)(H,30,31). The average molecular weight is 481 g/mol. The summed E-state index contributed by atoms with van der Waals surface area (Å²) in [6.07, 6.45) is 0.150. The minimum Gasteiger partial charge on any atom is -0.481 e. The van der Waals surface area contributed by atoms with E-state index in [0.717, 1.165) is 22.3 Å². The number of ether oxygens (including phenoxy) is 2. The van der Waals surface area contributed by atoms with Crippen LogP contribution in [0.5, 0.6) is 0 Å². The number of hydrogen-bond donors (Lipinski definition) is 3. The number of carbonyl (C=O) groups is 3. The molecule has 0 atom stereocenters. The maximum absolute atomic E-state index is 13.3. The molecule has 186 valence electrons. The second kappa shape index (κ2) is 10.1. The zero-order chi connectivity index (χ0) is 25.1. The van der Waals surface area contributed by atoms with Crippen LogP contribution < -0.4 is 10.6 Å². The Labute approximate surface area is 205 Å². The smallest absolute Gasteiger partial charge is 0.408 e. The van der Waals surface area contributed by atoms with E-state index in [1.54, 1.807) is 13.8 Å². The molecule has 0 radical (unpaired) electrons. The number of nitrogens with one attached hydrogen (secondary N) is 2. The number of alkyl carbamates (subject to hydrolysis) is 1. The molecule has 4 rings (SSSR count). The number of amides is 2. The molecular weight excluding hydrogens is 448 g/mol. The van der Waals surface area contributed by atoms with Crippen LogP contribution in [0.3, 0.4) is 0 Å². The molecule has 2 aromatic rings. The molecule has 2 aromatic carbocycles. The third-order valence-electron chi connectivity index (χ3n) is 6.88. The third kappa shape index (κ3) is 5.48. The molecule has 3 N–H and O–H groups in total. The van der Waals surface area contributed by atoms with Gasteiger partial charge < -0.3 is 25.2 Å². The van der Waals surface area contributed by atoms with Gasteiger partial charge in [-0.1, -0.05) is 48.5 Å². The molecule has 8 nitrogen and oxygen atoms in total. The van der Waals surface area contributed by atoms with Gasteiger partial charge in [-0.05, 0) is 42.5 Å². The number of benzene rings is 2. The lowest BCUT2D eigenvalue weighted by Gasteiger charge is -2.39. The SMILES string of the molecule is CC(C)(CCC(=O)O)NC(=O)C1(NC(=O)OCC2c3ccccc3-c3ccccc32)CCOCC1. The molecule has 1 heterocycles. The second-order valence-electron chi connectivity index (χ2n) is 9.88. The number of rotatable bonds is 8. The summed E-state index contributed by atoms with van der Waals surface area (Å²) in [5, 5.41) is 14.7. The van der Waals surface area contributed by atoms with Crippen LogP contribution in [0, 0.1) is 0 Å². The third-order valence-corrected chi connectivity index (χ3v) is 6.88. The summed E-state index contributed by atoms with van der Waals surface area (Å²) in [5.41, 5.74) is 2.58. The zero-order valence-electron chi connectivity index (χ0n) is 20.1.